The van der Waals surface area contributed by atoms with Gasteiger partial charge in [-0.3, -0.25) is 19.4 Å². The molecule has 0 saturated carbocycles. The maximum atomic E-state index is 13.4. The molecule has 2 heterocycles. The van der Waals surface area contributed by atoms with Crippen molar-refractivity contribution in [1.29, 1.82) is 0 Å². The molecule has 10 nitrogen and oxygen atoms in total. The Labute approximate surface area is 251 Å². The summed E-state index contributed by atoms with van der Waals surface area (Å²) in [6, 6.07) is 15.8. The van der Waals surface area contributed by atoms with Crippen LogP contribution < -0.4 is 16.0 Å². The monoisotopic (exact) mass is 617 g/mol. The highest BCUT2D eigenvalue weighted by Crippen LogP contribution is 2.36. The molecule has 0 aliphatic carbocycles. The number of nitrogens with one attached hydrogen (secondary N) is 3. The highest BCUT2D eigenvalue weighted by molar-refractivity contribution is 6.34. The summed E-state index contributed by atoms with van der Waals surface area (Å²) in [5, 5.41) is 28.7. The zero-order valence-corrected chi connectivity index (χ0v) is 23.8. The van der Waals surface area contributed by atoms with Crippen LogP contribution in [0.5, 0.6) is 0 Å². The first kappa shape index (κ1) is 30.1. The van der Waals surface area contributed by atoms with Crippen molar-refractivity contribution >= 4 is 70.7 Å². The third kappa shape index (κ3) is 7.09. The number of carboxylic acid groups (broad SMARTS) is 1. The summed E-state index contributed by atoms with van der Waals surface area (Å²) in [6.45, 7) is 0.866. The number of amides is 2. The van der Waals surface area contributed by atoms with Crippen molar-refractivity contribution in [2.24, 2.45) is 4.99 Å². The van der Waals surface area contributed by atoms with E-state index in [-0.39, 0.29) is 43.7 Å². The fourth-order valence-electron chi connectivity index (χ4n) is 4.69. The minimum absolute atomic E-state index is 0. The number of anilines is 2. The third-order valence-electron chi connectivity index (χ3n) is 6.57. The second-order valence-corrected chi connectivity index (χ2v) is 10.4. The average Bonchev–Trinajstić information content (AvgIpc) is 3.23. The Balaban J connectivity index is 0.00000387. The lowest BCUT2D eigenvalue weighted by molar-refractivity contribution is -0.138. The molecule has 0 spiro atoms. The highest BCUT2D eigenvalue weighted by atomic mass is 35.5. The lowest BCUT2D eigenvalue weighted by Gasteiger charge is -2.27. The Morgan fingerprint density at radius 2 is 1.83 bits per heavy atom. The first-order valence-electron chi connectivity index (χ1n) is 12.4. The van der Waals surface area contributed by atoms with Gasteiger partial charge in [-0.15, -0.1) is 12.4 Å². The molecule has 2 amide bonds. The summed E-state index contributed by atoms with van der Waals surface area (Å²) in [5.41, 5.74) is 3.05. The largest absolute Gasteiger partial charge is 0.481 e. The molecule has 41 heavy (non-hydrogen) atoms. The van der Waals surface area contributed by atoms with Crippen molar-refractivity contribution in [2.75, 3.05) is 23.7 Å². The van der Waals surface area contributed by atoms with Crippen LogP contribution in [0.1, 0.15) is 44.3 Å². The second-order valence-electron chi connectivity index (χ2n) is 9.51. The molecule has 2 aliphatic rings. The zero-order valence-electron chi connectivity index (χ0n) is 21.4. The molecule has 0 fully saturated rings. The number of β-amino-alcohol motifs (C(OH)–C–C–N with tert-alkyl or cyclic N) is 1. The summed E-state index contributed by atoms with van der Waals surface area (Å²) in [6.07, 6.45) is -0.861. The van der Waals surface area contributed by atoms with Crippen molar-refractivity contribution in [3.8, 4) is 0 Å². The predicted octanol–water partition coefficient (Wildman–Crippen LogP) is 4.57. The average molecular weight is 619 g/mol. The van der Waals surface area contributed by atoms with E-state index in [1.165, 1.54) is 11.0 Å². The van der Waals surface area contributed by atoms with Crippen LogP contribution in [0.3, 0.4) is 0 Å². The van der Waals surface area contributed by atoms with Gasteiger partial charge in [-0.1, -0.05) is 35.3 Å². The van der Waals surface area contributed by atoms with Gasteiger partial charge in [-0.2, -0.15) is 0 Å². The van der Waals surface area contributed by atoms with E-state index in [0.717, 1.165) is 0 Å². The van der Waals surface area contributed by atoms with Crippen LogP contribution in [-0.2, 0) is 11.3 Å². The van der Waals surface area contributed by atoms with Crippen molar-refractivity contribution in [3.05, 3.63) is 93.0 Å². The molecule has 214 valence electrons. The Kier molecular flexibility index (Phi) is 9.39. The molecule has 13 heteroatoms. The SMILES string of the molecule is Cl.O=C(O)CC(c1cc(Cl)cc(Cl)c1)N1Cc2ccc(NC(=O)c3cccc(NC4=NCC(O)CN4)c3)cc2C1=O. The molecule has 2 aliphatic heterocycles. The van der Waals surface area contributed by atoms with E-state index in [1.807, 2.05) is 0 Å². The van der Waals surface area contributed by atoms with Gasteiger partial charge in [-0.05, 0) is 59.7 Å². The van der Waals surface area contributed by atoms with Gasteiger partial charge in [0.25, 0.3) is 11.8 Å². The first-order chi connectivity index (χ1) is 19.2. The van der Waals surface area contributed by atoms with Crippen LogP contribution in [0.2, 0.25) is 10.0 Å². The maximum Gasteiger partial charge on any atom is 0.305 e. The number of guanidine groups is 1. The zero-order chi connectivity index (χ0) is 28.4. The Hall–Kier alpha value is -3.83. The number of aliphatic carboxylic acids is 1. The van der Waals surface area contributed by atoms with Crippen LogP contribution in [0, 0.1) is 0 Å². The summed E-state index contributed by atoms with van der Waals surface area (Å²) < 4.78 is 0. The van der Waals surface area contributed by atoms with E-state index in [0.29, 0.717) is 56.2 Å². The molecular formula is C28H26Cl3N5O5. The van der Waals surface area contributed by atoms with E-state index in [2.05, 4.69) is 20.9 Å². The summed E-state index contributed by atoms with van der Waals surface area (Å²) in [7, 11) is 0. The van der Waals surface area contributed by atoms with Crippen LogP contribution in [0.15, 0.2) is 65.7 Å². The first-order valence-corrected chi connectivity index (χ1v) is 13.2. The Morgan fingerprint density at radius 1 is 1.07 bits per heavy atom. The number of hydrogen-bond donors (Lipinski definition) is 5. The number of carboxylic acids is 1. The minimum atomic E-state index is -1.07. The number of carbonyl (C=O) groups is 3. The highest BCUT2D eigenvalue weighted by Gasteiger charge is 2.35. The fraction of sp³-hybridized carbons (Fsp3) is 0.214. The summed E-state index contributed by atoms with van der Waals surface area (Å²) in [5.74, 6) is -1.30. The molecule has 3 aromatic rings. The number of hydrogen-bond acceptors (Lipinski definition) is 7. The topological polar surface area (TPSA) is 143 Å². The quantitative estimate of drug-likeness (QED) is 0.261. The molecule has 0 radical (unpaired) electrons. The molecule has 0 bridgehead atoms. The van der Waals surface area contributed by atoms with E-state index >= 15 is 0 Å². The number of benzene rings is 3. The number of rotatable bonds is 7. The lowest BCUT2D eigenvalue weighted by atomic mass is 10.0. The van der Waals surface area contributed by atoms with Gasteiger partial charge >= 0.3 is 5.97 Å². The fourth-order valence-corrected chi connectivity index (χ4v) is 5.23. The molecule has 2 atom stereocenters. The van der Waals surface area contributed by atoms with Gasteiger partial charge in [0.05, 0.1) is 25.1 Å². The number of aliphatic hydroxyl groups is 1. The smallest absolute Gasteiger partial charge is 0.305 e. The number of nitrogens with zero attached hydrogens (tertiary/aromatic N) is 2. The minimum Gasteiger partial charge on any atom is -0.481 e. The molecule has 2 unspecified atom stereocenters. The van der Waals surface area contributed by atoms with Crippen LogP contribution in [0.4, 0.5) is 11.4 Å². The number of aliphatic hydroxyl groups excluding tert-OH is 1. The predicted molar refractivity (Wildman–Crippen MR) is 159 cm³/mol. The third-order valence-corrected chi connectivity index (χ3v) is 7.00. The van der Waals surface area contributed by atoms with Crippen LogP contribution in [-0.4, -0.2) is 58.0 Å². The van der Waals surface area contributed by atoms with Gasteiger partial charge in [0.1, 0.15) is 0 Å². The second kappa shape index (κ2) is 12.8. The molecule has 5 N–H and O–H groups in total. The number of aliphatic imine (C=N–C) groups is 1. The van der Waals surface area contributed by atoms with Gasteiger partial charge in [0.2, 0.25) is 0 Å². The van der Waals surface area contributed by atoms with Crippen molar-refractivity contribution in [3.63, 3.8) is 0 Å². The number of carbonyl (C=O) groups excluding carboxylic acids is 2. The van der Waals surface area contributed by atoms with Crippen LogP contribution in [0.25, 0.3) is 0 Å². The number of fused-ring (bicyclic) bond motifs is 1. The van der Waals surface area contributed by atoms with Crippen molar-refractivity contribution < 1.29 is 24.6 Å². The van der Waals surface area contributed by atoms with Crippen molar-refractivity contribution in [1.82, 2.24) is 10.2 Å². The molecular weight excluding hydrogens is 593 g/mol. The molecule has 3 aromatic carbocycles. The molecule has 0 aromatic heterocycles. The molecule has 5 rings (SSSR count). The van der Waals surface area contributed by atoms with E-state index in [1.54, 1.807) is 54.6 Å². The van der Waals surface area contributed by atoms with Gasteiger partial charge in [-0.25, -0.2) is 0 Å². The normalized spacial score (nSPS) is 16.6. The van der Waals surface area contributed by atoms with E-state index in [9.17, 15) is 24.6 Å². The Bertz CT molecular complexity index is 1510. The van der Waals surface area contributed by atoms with Crippen molar-refractivity contribution in [2.45, 2.75) is 25.1 Å². The van der Waals surface area contributed by atoms with E-state index < -0.39 is 18.1 Å². The Morgan fingerprint density at radius 3 is 2.51 bits per heavy atom. The standard InChI is InChI=1S/C28H25Cl2N5O5.ClH/c29-18-6-17(7-19(30)9-18)24(11-25(37)38)35-14-16-4-5-21(10-23(16)27(35)40)33-26(39)15-2-1-3-20(8-15)34-28-31-12-22(36)13-32-28;/h1-10,22,24,36H,11-14H2,(H,33,39)(H,37,38)(H2,31,32,34);1H. The van der Waals surface area contributed by atoms with Crippen LogP contribution >= 0.6 is 35.6 Å². The number of halogens is 3. The van der Waals surface area contributed by atoms with Gasteiger partial charge in [0.15, 0.2) is 5.96 Å². The summed E-state index contributed by atoms with van der Waals surface area (Å²) >= 11 is 12.3. The van der Waals surface area contributed by atoms with E-state index in [4.69, 9.17) is 23.2 Å². The lowest BCUT2D eigenvalue weighted by Crippen LogP contribution is -2.42. The van der Waals surface area contributed by atoms with Gasteiger partial charge in [0, 0.05) is 45.6 Å². The molecule has 0 saturated heterocycles. The summed E-state index contributed by atoms with van der Waals surface area (Å²) in [4.78, 5) is 43.8. The maximum absolute atomic E-state index is 13.4. The van der Waals surface area contributed by atoms with Gasteiger partial charge < -0.3 is 31.1 Å².